The van der Waals surface area contributed by atoms with Crippen molar-refractivity contribution in [2.45, 2.75) is 25.2 Å². The van der Waals surface area contributed by atoms with Crippen molar-refractivity contribution in [3.05, 3.63) is 28.8 Å². The summed E-state index contributed by atoms with van der Waals surface area (Å²) < 4.78 is 88.4. The minimum atomic E-state index is -4.89. The van der Waals surface area contributed by atoms with Gasteiger partial charge in [-0.05, 0) is 31.5 Å². The summed E-state index contributed by atoms with van der Waals surface area (Å²) >= 11 is 0. The molecule has 0 N–H and O–H groups in total. The first-order chi connectivity index (χ1) is 11.6. The average Bonchev–Trinajstić information content (AvgIpc) is 2.53. The zero-order valence-corrected chi connectivity index (χ0v) is 13.6. The molecule has 25 heavy (non-hydrogen) atoms. The maximum absolute atomic E-state index is 13.3. The quantitative estimate of drug-likeness (QED) is 0.731. The van der Waals surface area contributed by atoms with Crippen LogP contribution in [0.2, 0.25) is 0 Å². The van der Waals surface area contributed by atoms with Crippen molar-refractivity contribution in [3.63, 3.8) is 0 Å². The zero-order valence-electron chi connectivity index (χ0n) is 13.6. The van der Waals surface area contributed by atoms with Crippen LogP contribution in [0, 0.1) is 0 Å². The predicted molar refractivity (Wildman–Crippen MR) is 78.6 cm³/mol. The summed E-state index contributed by atoms with van der Waals surface area (Å²) in [7, 11) is 1.07. The average molecular weight is 371 g/mol. The lowest BCUT2D eigenvalue weighted by Crippen LogP contribution is -2.37. The highest BCUT2D eigenvalue weighted by Gasteiger charge is 2.39. The second-order valence-corrected chi connectivity index (χ2v) is 5.76. The van der Waals surface area contributed by atoms with Gasteiger partial charge in [0.1, 0.15) is 5.75 Å². The number of morpholine rings is 1. The van der Waals surface area contributed by atoms with Gasteiger partial charge in [-0.25, -0.2) is 0 Å². The molecular formula is C16H19F6NO2. The van der Waals surface area contributed by atoms with E-state index in [4.69, 9.17) is 9.47 Å². The Labute approximate surface area is 141 Å². The SMILES string of the molecule is COc1cc(C(F)(F)F)cc(C(F)(F)F)c1CCCN1CCOCC1. The van der Waals surface area contributed by atoms with E-state index in [-0.39, 0.29) is 23.8 Å². The lowest BCUT2D eigenvalue weighted by atomic mass is 9.97. The van der Waals surface area contributed by atoms with Gasteiger partial charge in [-0.1, -0.05) is 0 Å². The Balaban J connectivity index is 2.24. The molecule has 1 heterocycles. The van der Waals surface area contributed by atoms with Crippen LogP contribution in [0.5, 0.6) is 5.75 Å². The zero-order chi connectivity index (χ0) is 18.7. The van der Waals surface area contributed by atoms with E-state index < -0.39 is 23.5 Å². The molecule has 0 radical (unpaired) electrons. The minimum Gasteiger partial charge on any atom is -0.496 e. The van der Waals surface area contributed by atoms with E-state index in [1.807, 2.05) is 4.90 Å². The molecule has 0 aliphatic carbocycles. The Hall–Kier alpha value is -1.48. The maximum atomic E-state index is 13.3. The van der Waals surface area contributed by atoms with Gasteiger partial charge in [-0.3, -0.25) is 4.90 Å². The van der Waals surface area contributed by atoms with Gasteiger partial charge in [0.05, 0.1) is 31.5 Å². The molecule has 1 aliphatic heterocycles. The molecule has 0 saturated carbocycles. The first kappa shape index (κ1) is 19.8. The van der Waals surface area contributed by atoms with Crippen molar-refractivity contribution in [1.29, 1.82) is 0 Å². The molecule has 9 heteroatoms. The number of benzene rings is 1. The Morgan fingerprint density at radius 1 is 1.04 bits per heavy atom. The minimum absolute atomic E-state index is 0.0203. The molecule has 0 amide bonds. The molecule has 1 fully saturated rings. The smallest absolute Gasteiger partial charge is 0.416 e. The molecule has 0 spiro atoms. The lowest BCUT2D eigenvalue weighted by molar-refractivity contribution is -0.143. The van der Waals surface area contributed by atoms with Crippen LogP contribution in [0.4, 0.5) is 26.3 Å². The van der Waals surface area contributed by atoms with Crippen molar-refractivity contribution in [2.75, 3.05) is 40.0 Å². The van der Waals surface area contributed by atoms with E-state index in [2.05, 4.69) is 0 Å². The summed E-state index contributed by atoms with van der Waals surface area (Å²) in [5.74, 6) is -0.385. The second kappa shape index (κ2) is 7.82. The fourth-order valence-corrected chi connectivity index (χ4v) is 2.81. The molecule has 142 valence electrons. The summed E-state index contributed by atoms with van der Waals surface area (Å²) in [5.41, 5.74) is -2.90. The van der Waals surface area contributed by atoms with Gasteiger partial charge in [0.25, 0.3) is 0 Å². The molecule has 0 atom stereocenters. The van der Waals surface area contributed by atoms with Crippen LogP contribution >= 0.6 is 0 Å². The molecule has 1 aliphatic rings. The number of ether oxygens (including phenoxy) is 2. The van der Waals surface area contributed by atoms with Crippen molar-refractivity contribution < 1.29 is 35.8 Å². The van der Waals surface area contributed by atoms with Crippen LogP contribution in [0.15, 0.2) is 12.1 Å². The topological polar surface area (TPSA) is 21.7 Å². The summed E-state index contributed by atoms with van der Waals surface area (Å²) in [6.45, 7) is 3.06. The summed E-state index contributed by atoms with van der Waals surface area (Å²) in [5, 5.41) is 0. The summed E-state index contributed by atoms with van der Waals surface area (Å²) in [4.78, 5) is 2.05. The number of hydrogen-bond donors (Lipinski definition) is 0. The molecule has 0 bridgehead atoms. The molecular weight excluding hydrogens is 352 g/mol. The number of hydrogen-bond acceptors (Lipinski definition) is 3. The van der Waals surface area contributed by atoms with Crippen molar-refractivity contribution in [2.24, 2.45) is 0 Å². The number of alkyl halides is 6. The summed E-state index contributed by atoms with van der Waals surface area (Å²) in [6.07, 6.45) is -9.40. The molecule has 0 aromatic heterocycles. The van der Waals surface area contributed by atoms with Crippen molar-refractivity contribution in [3.8, 4) is 5.75 Å². The number of nitrogens with zero attached hydrogens (tertiary/aromatic N) is 1. The van der Waals surface area contributed by atoms with E-state index in [1.54, 1.807) is 0 Å². The van der Waals surface area contributed by atoms with E-state index >= 15 is 0 Å². The number of methoxy groups -OCH3 is 1. The van der Waals surface area contributed by atoms with Crippen LogP contribution in [-0.2, 0) is 23.5 Å². The predicted octanol–water partition coefficient (Wildman–Crippen LogP) is 4.00. The summed E-state index contributed by atoms with van der Waals surface area (Å²) in [6, 6.07) is 0.784. The van der Waals surface area contributed by atoms with Crippen LogP contribution in [0.1, 0.15) is 23.1 Å². The monoisotopic (exact) mass is 371 g/mol. The van der Waals surface area contributed by atoms with E-state index in [9.17, 15) is 26.3 Å². The molecule has 0 unspecified atom stereocenters. The van der Waals surface area contributed by atoms with Gasteiger partial charge < -0.3 is 9.47 Å². The highest BCUT2D eigenvalue weighted by Crippen LogP contribution is 2.41. The number of rotatable bonds is 5. The third-order valence-electron chi connectivity index (χ3n) is 4.07. The van der Waals surface area contributed by atoms with Gasteiger partial charge in [-0.15, -0.1) is 0 Å². The van der Waals surface area contributed by atoms with Gasteiger partial charge in [0.15, 0.2) is 0 Å². The third-order valence-corrected chi connectivity index (χ3v) is 4.07. The Morgan fingerprint density at radius 2 is 1.68 bits per heavy atom. The Morgan fingerprint density at radius 3 is 2.20 bits per heavy atom. The highest BCUT2D eigenvalue weighted by atomic mass is 19.4. The van der Waals surface area contributed by atoms with Crippen molar-refractivity contribution >= 4 is 0 Å². The standard InChI is InChI=1S/C16H19F6NO2/c1-24-14-10-11(15(17,18)19)9-13(16(20,21)22)12(14)3-2-4-23-5-7-25-8-6-23/h9-10H,2-8H2,1H3. The largest absolute Gasteiger partial charge is 0.496 e. The van der Waals surface area contributed by atoms with Crippen molar-refractivity contribution in [1.82, 2.24) is 4.90 Å². The normalized spacial score (nSPS) is 16.9. The molecule has 1 saturated heterocycles. The van der Waals surface area contributed by atoms with E-state index in [1.165, 1.54) is 0 Å². The third kappa shape index (κ3) is 5.24. The fourth-order valence-electron chi connectivity index (χ4n) is 2.81. The van der Waals surface area contributed by atoms with E-state index in [0.717, 1.165) is 7.11 Å². The van der Waals surface area contributed by atoms with Crippen LogP contribution in [0.25, 0.3) is 0 Å². The Kier molecular flexibility index (Phi) is 6.21. The first-order valence-electron chi connectivity index (χ1n) is 7.78. The highest BCUT2D eigenvalue weighted by molar-refractivity contribution is 5.46. The maximum Gasteiger partial charge on any atom is 0.416 e. The van der Waals surface area contributed by atoms with Gasteiger partial charge >= 0.3 is 12.4 Å². The van der Waals surface area contributed by atoms with E-state index in [0.29, 0.717) is 45.3 Å². The molecule has 3 nitrogen and oxygen atoms in total. The molecule has 1 aromatic carbocycles. The number of halogens is 6. The first-order valence-corrected chi connectivity index (χ1v) is 7.78. The Bertz CT molecular complexity index is 579. The van der Waals surface area contributed by atoms with Gasteiger partial charge in [0, 0.05) is 18.7 Å². The molecule has 2 rings (SSSR count). The fraction of sp³-hybridized carbons (Fsp3) is 0.625. The van der Waals surface area contributed by atoms with Crippen LogP contribution < -0.4 is 4.74 Å². The molecule has 1 aromatic rings. The van der Waals surface area contributed by atoms with Crippen LogP contribution in [-0.4, -0.2) is 44.9 Å². The van der Waals surface area contributed by atoms with Gasteiger partial charge in [0.2, 0.25) is 0 Å². The lowest BCUT2D eigenvalue weighted by Gasteiger charge is -2.27. The second-order valence-electron chi connectivity index (χ2n) is 5.76. The van der Waals surface area contributed by atoms with Gasteiger partial charge in [-0.2, -0.15) is 26.3 Å². The van der Waals surface area contributed by atoms with Crippen LogP contribution in [0.3, 0.4) is 0 Å².